The second-order valence-corrected chi connectivity index (χ2v) is 7.98. The van der Waals surface area contributed by atoms with Gasteiger partial charge >= 0.3 is 5.97 Å². The minimum absolute atomic E-state index is 0.00729. The molecule has 1 aromatic rings. The Labute approximate surface area is 172 Å². The van der Waals surface area contributed by atoms with Crippen molar-refractivity contribution < 1.29 is 14.6 Å². The van der Waals surface area contributed by atoms with Crippen LogP contribution in [0.15, 0.2) is 24.3 Å². The summed E-state index contributed by atoms with van der Waals surface area (Å²) in [6.07, 6.45) is 20.3. The molecule has 0 saturated carbocycles. The summed E-state index contributed by atoms with van der Waals surface area (Å²) in [7, 11) is 0. The molecule has 160 valence electrons. The molecule has 0 bridgehead atoms. The molecule has 0 aliphatic rings. The van der Waals surface area contributed by atoms with Crippen molar-refractivity contribution >= 4 is 5.97 Å². The minimum Gasteiger partial charge on any atom is -0.427 e. The van der Waals surface area contributed by atoms with Gasteiger partial charge in [0.1, 0.15) is 5.75 Å². The van der Waals surface area contributed by atoms with E-state index in [-0.39, 0.29) is 12.6 Å². The van der Waals surface area contributed by atoms with Gasteiger partial charge in [-0.3, -0.25) is 4.79 Å². The van der Waals surface area contributed by atoms with Gasteiger partial charge in [0, 0.05) is 6.42 Å². The first-order chi connectivity index (χ1) is 13.8. The quantitative estimate of drug-likeness (QED) is 0.162. The summed E-state index contributed by atoms with van der Waals surface area (Å²) in [6.45, 7) is 2.28. The standard InChI is InChI=1S/C25H42O3/c1-2-3-4-5-6-7-8-9-10-11-12-13-14-15-16-17-25(27)28-24-20-18-23(22-26)19-21-24/h18-21,26H,2-17,22H2,1H3. The average Bonchev–Trinajstić information content (AvgIpc) is 2.71. The number of benzene rings is 1. The highest BCUT2D eigenvalue weighted by Gasteiger charge is 2.04. The topological polar surface area (TPSA) is 46.5 Å². The van der Waals surface area contributed by atoms with Crippen LogP contribution < -0.4 is 4.74 Å². The molecular weight excluding hydrogens is 348 g/mol. The lowest BCUT2D eigenvalue weighted by Crippen LogP contribution is -2.07. The Kier molecular flexibility index (Phi) is 15.6. The fraction of sp³-hybridized carbons (Fsp3) is 0.720. The summed E-state index contributed by atoms with van der Waals surface area (Å²) in [5.41, 5.74) is 0.821. The number of carbonyl (C=O) groups excluding carboxylic acids is 1. The molecule has 0 unspecified atom stereocenters. The van der Waals surface area contributed by atoms with E-state index in [0.29, 0.717) is 12.2 Å². The maximum Gasteiger partial charge on any atom is 0.311 e. The Balaban J connectivity index is 1.84. The highest BCUT2D eigenvalue weighted by atomic mass is 16.5. The largest absolute Gasteiger partial charge is 0.427 e. The first-order valence-corrected chi connectivity index (χ1v) is 11.7. The highest BCUT2D eigenvalue weighted by molar-refractivity contribution is 5.72. The van der Waals surface area contributed by atoms with Crippen molar-refractivity contribution in [3.63, 3.8) is 0 Å². The molecule has 0 heterocycles. The average molecular weight is 391 g/mol. The van der Waals surface area contributed by atoms with Gasteiger partial charge in [0.15, 0.2) is 0 Å². The van der Waals surface area contributed by atoms with E-state index in [1.54, 1.807) is 24.3 Å². The molecule has 1 rings (SSSR count). The molecular formula is C25H42O3. The molecule has 0 radical (unpaired) electrons. The predicted molar refractivity (Wildman–Crippen MR) is 118 cm³/mol. The van der Waals surface area contributed by atoms with Gasteiger partial charge in [0.2, 0.25) is 0 Å². The van der Waals surface area contributed by atoms with Gasteiger partial charge in [0.25, 0.3) is 0 Å². The summed E-state index contributed by atoms with van der Waals surface area (Å²) >= 11 is 0. The van der Waals surface area contributed by atoms with Crippen LogP contribution in [0.2, 0.25) is 0 Å². The van der Waals surface area contributed by atoms with E-state index in [1.165, 1.54) is 83.5 Å². The van der Waals surface area contributed by atoms with Gasteiger partial charge < -0.3 is 9.84 Å². The van der Waals surface area contributed by atoms with E-state index in [2.05, 4.69) is 6.92 Å². The minimum atomic E-state index is -0.161. The molecule has 0 atom stereocenters. The zero-order valence-corrected chi connectivity index (χ0v) is 18.1. The van der Waals surface area contributed by atoms with Crippen molar-refractivity contribution in [1.29, 1.82) is 0 Å². The van der Waals surface area contributed by atoms with Gasteiger partial charge in [-0.2, -0.15) is 0 Å². The maximum absolute atomic E-state index is 11.8. The van der Waals surface area contributed by atoms with E-state index in [1.807, 2.05) is 0 Å². The molecule has 0 saturated heterocycles. The van der Waals surface area contributed by atoms with Crippen LogP contribution >= 0.6 is 0 Å². The number of esters is 1. The highest BCUT2D eigenvalue weighted by Crippen LogP contribution is 2.15. The Bertz CT molecular complexity index is 481. The van der Waals surface area contributed by atoms with Gasteiger partial charge in [-0.1, -0.05) is 109 Å². The summed E-state index contributed by atoms with van der Waals surface area (Å²) in [4.78, 5) is 11.8. The molecule has 3 heteroatoms. The fourth-order valence-electron chi connectivity index (χ4n) is 3.49. The molecule has 0 amide bonds. The number of hydrogen-bond donors (Lipinski definition) is 1. The Morgan fingerprint density at radius 2 is 1.14 bits per heavy atom. The van der Waals surface area contributed by atoms with Crippen LogP contribution in [0.3, 0.4) is 0 Å². The van der Waals surface area contributed by atoms with Gasteiger partial charge in [-0.15, -0.1) is 0 Å². The van der Waals surface area contributed by atoms with Gasteiger partial charge in [-0.05, 0) is 24.1 Å². The van der Waals surface area contributed by atoms with Crippen LogP contribution in [-0.4, -0.2) is 11.1 Å². The Morgan fingerprint density at radius 3 is 1.57 bits per heavy atom. The maximum atomic E-state index is 11.8. The summed E-state index contributed by atoms with van der Waals surface area (Å²) in [5, 5.41) is 9.00. The predicted octanol–water partition coefficient (Wildman–Crippen LogP) is 7.35. The summed E-state index contributed by atoms with van der Waals surface area (Å²) in [5.74, 6) is 0.398. The first-order valence-electron chi connectivity index (χ1n) is 11.7. The molecule has 0 fully saturated rings. The fourth-order valence-corrected chi connectivity index (χ4v) is 3.49. The third-order valence-corrected chi connectivity index (χ3v) is 5.32. The second-order valence-electron chi connectivity index (χ2n) is 7.98. The van der Waals surface area contributed by atoms with E-state index in [4.69, 9.17) is 9.84 Å². The molecule has 3 nitrogen and oxygen atoms in total. The molecule has 0 aliphatic carbocycles. The number of aliphatic hydroxyl groups excluding tert-OH is 1. The summed E-state index contributed by atoms with van der Waals surface area (Å²) < 4.78 is 5.31. The van der Waals surface area contributed by atoms with Gasteiger partial charge in [-0.25, -0.2) is 0 Å². The third kappa shape index (κ3) is 13.8. The SMILES string of the molecule is CCCCCCCCCCCCCCCCCC(=O)Oc1ccc(CO)cc1. The number of aliphatic hydroxyl groups is 1. The van der Waals surface area contributed by atoms with Crippen LogP contribution in [0.4, 0.5) is 0 Å². The van der Waals surface area contributed by atoms with Crippen LogP contribution in [0.1, 0.15) is 115 Å². The zero-order chi connectivity index (χ0) is 20.3. The number of carbonyl (C=O) groups is 1. The molecule has 0 aliphatic heterocycles. The molecule has 28 heavy (non-hydrogen) atoms. The lowest BCUT2D eigenvalue weighted by molar-refractivity contribution is -0.134. The van der Waals surface area contributed by atoms with E-state index >= 15 is 0 Å². The zero-order valence-electron chi connectivity index (χ0n) is 18.1. The first kappa shape index (κ1) is 24.7. The Morgan fingerprint density at radius 1 is 0.714 bits per heavy atom. The van der Waals surface area contributed by atoms with Crippen molar-refractivity contribution in [2.24, 2.45) is 0 Å². The van der Waals surface area contributed by atoms with Crippen LogP contribution in [0.25, 0.3) is 0 Å². The van der Waals surface area contributed by atoms with Crippen LogP contribution in [0, 0.1) is 0 Å². The van der Waals surface area contributed by atoms with E-state index in [0.717, 1.165) is 18.4 Å². The van der Waals surface area contributed by atoms with Crippen LogP contribution in [-0.2, 0) is 11.4 Å². The van der Waals surface area contributed by atoms with Crippen molar-refractivity contribution in [1.82, 2.24) is 0 Å². The van der Waals surface area contributed by atoms with E-state index < -0.39 is 0 Å². The Hall–Kier alpha value is -1.35. The normalized spacial score (nSPS) is 10.9. The monoisotopic (exact) mass is 390 g/mol. The van der Waals surface area contributed by atoms with Crippen molar-refractivity contribution in [2.75, 3.05) is 0 Å². The summed E-state index contributed by atoms with van der Waals surface area (Å²) in [6, 6.07) is 7.01. The van der Waals surface area contributed by atoms with Crippen LogP contribution in [0.5, 0.6) is 5.75 Å². The molecule has 0 aromatic heterocycles. The number of unbranched alkanes of at least 4 members (excludes halogenated alkanes) is 14. The lowest BCUT2D eigenvalue weighted by atomic mass is 10.0. The molecule has 1 N–H and O–H groups in total. The van der Waals surface area contributed by atoms with Crippen molar-refractivity contribution in [3.05, 3.63) is 29.8 Å². The van der Waals surface area contributed by atoms with Crippen molar-refractivity contribution in [2.45, 2.75) is 116 Å². The smallest absolute Gasteiger partial charge is 0.311 e. The molecule has 1 aromatic carbocycles. The van der Waals surface area contributed by atoms with E-state index in [9.17, 15) is 4.79 Å². The van der Waals surface area contributed by atoms with Crippen molar-refractivity contribution in [3.8, 4) is 5.75 Å². The second kappa shape index (κ2) is 17.7. The molecule has 0 spiro atoms. The number of rotatable bonds is 18. The third-order valence-electron chi connectivity index (χ3n) is 5.32. The van der Waals surface area contributed by atoms with Gasteiger partial charge in [0.05, 0.1) is 6.61 Å². The number of ether oxygens (including phenoxy) is 1. The lowest BCUT2D eigenvalue weighted by Gasteiger charge is -2.05. The number of hydrogen-bond acceptors (Lipinski definition) is 3.